The minimum Gasteiger partial charge on any atom is -0.496 e. The van der Waals surface area contributed by atoms with Gasteiger partial charge in [-0.2, -0.15) is 5.10 Å². The van der Waals surface area contributed by atoms with Gasteiger partial charge < -0.3 is 10.1 Å². The number of aryl methyl sites for hydroxylation is 2. The first-order valence-corrected chi connectivity index (χ1v) is 11.1. The van der Waals surface area contributed by atoms with Crippen LogP contribution in [0.5, 0.6) is 5.75 Å². The van der Waals surface area contributed by atoms with E-state index in [1.165, 1.54) is 23.3 Å². The summed E-state index contributed by atoms with van der Waals surface area (Å²) < 4.78 is 20.4. The summed E-state index contributed by atoms with van der Waals surface area (Å²) in [4.78, 5) is 17.3. The van der Waals surface area contributed by atoms with Gasteiger partial charge in [0, 0.05) is 44.4 Å². The fraction of sp³-hybridized carbons (Fsp3) is 0.360. The smallest absolute Gasteiger partial charge is 0.239 e. The number of anilines is 1. The van der Waals surface area contributed by atoms with Gasteiger partial charge in [-0.3, -0.25) is 14.6 Å². The highest BCUT2D eigenvalue weighted by Crippen LogP contribution is 2.22. The Labute approximate surface area is 193 Å². The zero-order valence-corrected chi connectivity index (χ0v) is 19.3. The second-order valence-electron chi connectivity index (χ2n) is 8.47. The lowest BCUT2D eigenvalue weighted by Crippen LogP contribution is -2.48. The molecule has 1 aromatic heterocycles. The number of piperazine rings is 1. The van der Waals surface area contributed by atoms with Gasteiger partial charge in [-0.25, -0.2) is 9.07 Å². The van der Waals surface area contributed by atoms with Gasteiger partial charge in [0.25, 0.3) is 0 Å². The molecule has 0 unspecified atom stereocenters. The lowest BCUT2D eigenvalue weighted by Gasteiger charge is -2.34. The highest BCUT2D eigenvalue weighted by molar-refractivity contribution is 5.91. The number of rotatable bonds is 7. The molecule has 0 spiro atoms. The minimum absolute atomic E-state index is 0.0907. The molecule has 2 aromatic carbocycles. The minimum atomic E-state index is -0.312. The van der Waals surface area contributed by atoms with Crippen molar-refractivity contribution in [2.24, 2.45) is 0 Å². The van der Waals surface area contributed by atoms with Crippen molar-refractivity contribution in [1.82, 2.24) is 19.6 Å². The van der Waals surface area contributed by atoms with E-state index in [9.17, 15) is 9.18 Å². The first kappa shape index (κ1) is 22.9. The topological polar surface area (TPSA) is 62.6 Å². The monoisotopic (exact) mass is 451 g/mol. The number of aromatic nitrogens is 2. The van der Waals surface area contributed by atoms with Crippen LogP contribution in [0.25, 0.3) is 5.69 Å². The SMILES string of the molecule is COc1ccc(C)cc1CN1CCN(CC(=O)Nc2cc(C)nn2-c2ccc(F)cc2)CC1. The van der Waals surface area contributed by atoms with E-state index in [2.05, 4.69) is 39.3 Å². The number of amides is 1. The normalized spacial score (nSPS) is 14.9. The molecule has 1 aliphatic heterocycles. The number of nitrogens with zero attached hydrogens (tertiary/aromatic N) is 4. The number of ether oxygens (including phenoxy) is 1. The maximum Gasteiger partial charge on any atom is 0.239 e. The van der Waals surface area contributed by atoms with Gasteiger partial charge in [-0.1, -0.05) is 17.7 Å². The molecule has 1 fully saturated rings. The molecule has 1 amide bonds. The molecule has 0 radical (unpaired) electrons. The van der Waals surface area contributed by atoms with Gasteiger partial charge in [-0.15, -0.1) is 0 Å². The van der Waals surface area contributed by atoms with Gasteiger partial charge in [-0.05, 0) is 44.2 Å². The standard InChI is InChI=1S/C25H30FN5O2/c1-18-4-9-23(33-3)20(14-18)16-29-10-12-30(13-11-29)17-25(32)27-24-15-19(2)28-31(24)22-7-5-21(26)6-8-22/h4-9,14-15H,10-13,16-17H2,1-3H3,(H,27,32). The Balaban J connectivity index is 1.31. The van der Waals surface area contributed by atoms with Crippen LogP contribution in [0.2, 0.25) is 0 Å². The van der Waals surface area contributed by atoms with E-state index in [1.807, 2.05) is 19.1 Å². The Morgan fingerprint density at radius 1 is 1.03 bits per heavy atom. The fourth-order valence-electron chi connectivity index (χ4n) is 4.13. The van der Waals surface area contributed by atoms with Gasteiger partial charge in [0.15, 0.2) is 0 Å². The number of methoxy groups -OCH3 is 1. The van der Waals surface area contributed by atoms with Gasteiger partial charge in [0.2, 0.25) is 5.91 Å². The van der Waals surface area contributed by atoms with Crippen molar-refractivity contribution in [3.63, 3.8) is 0 Å². The van der Waals surface area contributed by atoms with Crippen LogP contribution in [0.1, 0.15) is 16.8 Å². The molecule has 1 N–H and O–H groups in total. The van der Waals surface area contributed by atoms with Gasteiger partial charge in [0.05, 0.1) is 25.0 Å². The summed E-state index contributed by atoms with van der Waals surface area (Å²) in [5, 5.41) is 7.39. The van der Waals surface area contributed by atoms with Crippen LogP contribution in [0, 0.1) is 19.7 Å². The average Bonchev–Trinajstić information content (AvgIpc) is 3.15. The van der Waals surface area contributed by atoms with Crippen LogP contribution >= 0.6 is 0 Å². The molecule has 0 bridgehead atoms. The molecule has 1 aliphatic rings. The molecule has 3 aromatic rings. The molecular formula is C25H30FN5O2. The molecular weight excluding hydrogens is 421 g/mol. The van der Waals surface area contributed by atoms with Crippen LogP contribution in [-0.4, -0.2) is 65.3 Å². The number of nitrogens with one attached hydrogen (secondary N) is 1. The van der Waals surface area contributed by atoms with E-state index < -0.39 is 0 Å². The first-order chi connectivity index (χ1) is 15.9. The quantitative estimate of drug-likeness (QED) is 0.597. The third kappa shape index (κ3) is 5.77. The molecule has 174 valence electrons. The number of hydrogen-bond donors (Lipinski definition) is 1. The molecule has 0 atom stereocenters. The van der Waals surface area contributed by atoms with Crippen molar-refractivity contribution in [3.8, 4) is 11.4 Å². The lowest BCUT2D eigenvalue weighted by molar-refractivity contribution is -0.117. The van der Waals surface area contributed by atoms with Crippen molar-refractivity contribution in [2.75, 3.05) is 45.2 Å². The Bertz CT molecular complexity index is 1100. The van der Waals surface area contributed by atoms with E-state index in [0.717, 1.165) is 44.2 Å². The van der Waals surface area contributed by atoms with Crippen molar-refractivity contribution in [3.05, 3.63) is 71.2 Å². The maximum absolute atomic E-state index is 13.3. The van der Waals surface area contributed by atoms with E-state index in [4.69, 9.17) is 4.74 Å². The highest BCUT2D eigenvalue weighted by atomic mass is 19.1. The van der Waals surface area contributed by atoms with Crippen LogP contribution in [0.4, 0.5) is 10.2 Å². The second-order valence-corrected chi connectivity index (χ2v) is 8.47. The number of carbonyl (C=O) groups excluding carboxylic acids is 1. The van der Waals surface area contributed by atoms with Crippen molar-refractivity contribution >= 4 is 11.7 Å². The number of halogens is 1. The molecule has 7 nitrogen and oxygen atoms in total. The molecule has 0 aliphatic carbocycles. The Morgan fingerprint density at radius 2 is 1.73 bits per heavy atom. The largest absolute Gasteiger partial charge is 0.496 e. The predicted molar refractivity (Wildman–Crippen MR) is 126 cm³/mol. The summed E-state index contributed by atoms with van der Waals surface area (Å²) >= 11 is 0. The summed E-state index contributed by atoms with van der Waals surface area (Å²) in [6, 6.07) is 14.1. The molecule has 33 heavy (non-hydrogen) atoms. The number of benzene rings is 2. The molecule has 1 saturated heterocycles. The molecule has 0 saturated carbocycles. The first-order valence-electron chi connectivity index (χ1n) is 11.1. The summed E-state index contributed by atoms with van der Waals surface area (Å²) in [5.74, 6) is 1.09. The molecule has 4 rings (SSSR count). The number of carbonyl (C=O) groups is 1. The van der Waals surface area contributed by atoms with Gasteiger partial charge in [0.1, 0.15) is 17.4 Å². The summed E-state index contributed by atoms with van der Waals surface area (Å²) in [7, 11) is 1.70. The highest BCUT2D eigenvalue weighted by Gasteiger charge is 2.21. The summed E-state index contributed by atoms with van der Waals surface area (Å²) in [6.07, 6.45) is 0. The van der Waals surface area contributed by atoms with Crippen molar-refractivity contribution < 1.29 is 13.9 Å². The van der Waals surface area contributed by atoms with E-state index >= 15 is 0 Å². The summed E-state index contributed by atoms with van der Waals surface area (Å²) in [6.45, 7) is 8.50. The zero-order chi connectivity index (χ0) is 23.4. The van der Waals surface area contributed by atoms with Crippen LogP contribution in [0.3, 0.4) is 0 Å². The van der Waals surface area contributed by atoms with E-state index in [0.29, 0.717) is 18.1 Å². The molecule has 2 heterocycles. The zero-order valence-electron chi connectivity index (χ0n) is 19.3. The van der Waals surface area contributed by atoms with Crippen LogP contribution < -0.4 is 10.1 Å². The van der Waals surface area contributed by atoms with Crippen molar-refractivity contribution in [1.29, 1.82) is 0 Å². The Morgan fingerprint density at radius 3 is 2.42 bits per heavy atom. The Kier molecular flexibility index (Phi) is 7.05. The third-order valence-corrected chi connectivity index (χ3v) is 5.83. The average molecular weight is 452 g/mol. The van der Waals surface area contributed by atoms with E-state index in [1.54, 1.807) is 23.9 Å². The Hall–Kier alpha value is -3.23. The fourth-order valence-corrected chi connectivity index (χ4v) is 4.13. The van der Waals surface area contributed by atoms with E-state index in [-0.39, 0.29) is 11.7 Å². The van der Waals surface area contributed by atoms with Crippen molar-refractivity contribution in [2.45, 2.75) is 20.4 Å². The number of hydrogen-bond acceptors (Lipinski definition) is 5. The lowest BCUT2D eigenvalue weighted by atomic mass is 10.1. The molecule has 8 heteroatoms. The second kappa shape index (κ2) is 10.1. The van der Waals surface area contributed by atoms with Crippen LogP contribution in [0.15, 0.2) is 48.5 Å². The van der Waals surface area contributed by atoms with Crippen LogP contribution in [-0.2, 0) is 11.3 Å². The predicted octanol–water partition coefficient (Wildman–Crippen LogP) is 3.39. The van der Waals surface area contributed by atoms with Gasteiger partial charge >= 0.3 is 0 Å². The third-order valence-electron chi connectivity index (χ3n) is 5.83. The summed E-state index contributed by atoms with van der Waals surface area (Å²) in [5.41, 5.74) is 3.87. The maximum atomic E-state index is 13.3.